The van der Waals surface area contributed by atoms with Crippen LogP contribution < -0.4 is 5.56 Å². The fourth-order valence-electron chi connectivity index (χ4n) is 2.94. The van der Waals surface area contributed by atoms with E-state index in [1.54, 1.807) is 44.2 Å². The number of rotatable bonds is 5. The highest BCUT2D eigenvalue weighted by Gasteiger charge is 2.22. The Balaban J connectivity index is 1.94. The molecule has 3 aromatic rings. The highest BCUT2D eigenvalue weighted by molar-refractivity contribution is 5.96. The average molecular weight is 366 g/mol. The minimum absolute atomic E-state index is 0.0948. The summed E-state index contributed by atoms with van der Waals surface area (Å²) in [5.74, 6) is 0.00601. The number of aromatic nitrogens is 2. The lowest BCUT2D eigenvalue weighted by Crippen LogP contribution is -2.32. The highest BCUT2D eigenvalue weighted by Crippen LogP contribution is 2.22. The monoisotopic (exact) mass is 366 g/mol. The zero-order valence-electron chi connectivity index (χ0n) is 14.9. The van der Waals surface area contributed by atoms with Crippen molar-refractivity contribution in [1.82, 2.24) is 14.9 Å². The molecule has 1 amide bonds. The molecule has 0 saturated carbocycles. The van der Waals surface area contributed by atoms with Gasteiger partial charge in [-0.3, -0.25) is 19.7 Å². The number of nitrogens with one attached hydrogen (secondary N) is 1. The number of nitro benzene ring substituents is 1. The van der Waals surface area contributed by atoms with Gasteiger partial charge < -0.3 is 9.88 Å². The van der Waals surface area contributed by atoms with Gasteiger partial charge in [-0.05, 0) is 32.0 Å². The van der Waals surface area contributed by atoms with E-state index >= 15 is 0 Å². The number of hydrogen-bond acceptors (Lipinski definition) is 5. The Bertz CT molecular complexity index is 1090. The summed E-state index contributed by atoms with van der Waals surface area (Å²) in [6.45, 7) is 3.80. The Morgan fingerprint density at radius 2 is 1.96 bits per heavy atom. The first kappa shape index (κ1) is 18.2. The molecule has 0 aliphatic carbocycles. The maximum atomic E-state index is 12.9. The number of amides is 1. The van der Waals surface area contributed by atoms with Crippen molar-refractivity contribution < 1.29 is 9.72 Å². The average Bonchev–Trinajstić information content (AvgIpc) is 2.65. The van der Waals surface area contributed by atoms with Crippen molar-refractivity contribution in [1.29, 1.82) is 0 Å². The van der Waals surface area contributed by atoms with Crippen molar-refractivity contribution in [3.8, 4) is 0 Å². The molecule has 0 spiro atoms. The molecule has 0 radical (unpaired) electrons. The molecule has 3 rings (SSSR count). The molecule has 8 nitrogen and oxygen atoms in total. The second-order valence-corrected chi connectivity index (χ2v) is 6.06. The van der Waals surface area contributed by atoms with E-state index in [1.807, 2.05) is 0 Å². The summed E-state index contributed by atoms with van der Waals surface area (Å²) in [5.41, 5.74) is 0.742. The summed E-state index contributed by atoms with van der Waals surface area (Å²) in [7, 11) is 0. The van der Waals surface area contributed by atoms with Crippen LogP contribution in [0.5, 0.6) is 0 Å². The number of fused-ring (bicyclic) bond motifs is 1. The van der Waals surface area contributed by atoms with Crippen LogP contribution in [0.2, 0.25) is 0 Å². The number of nitro groups is 1. The molecule has 0 atom stereocenters. The molecule has 1 aromatic heterocycles. The highest BCUT2D eigenvalue weighted by atomic mass is 16.6. The maximum absolute atomic E-state index is 12.9. The third-order valence-corrected chi connectivity index (χ3v) is 4.40. The quantitative estimate of drug-likeness (QED) is 0.551. The van der Waals surface area contributed by atoms with Crippen LogP contribution >= 0.6 is 0 Å². The smallest absolute Gasteiger partial charge is 0.273 e. The van der Waals surface area contributed by atoms with Gasteiger partial charge >= 0.3 is 0 Å². The molecule has 1 heterocycles. The number of carbonyl (C=O) groups is 1. The standard InChI is InChI=1S/C19H18N4O4/c1-3-22(19(25)13-8-6-10-16(12(13)2)23(26)27)11-17-20-15-9-5-4-7-14(15)18(24)21-17/h4-10H,3,11H2,1-2H3,(H,20,21,24). The van der Waals surface area contributed by atoms with Crippen LogP contribution in [0, 0.1) is 17.0 Å². The summed E-state index contributed by atoms with van der Waals surface area (Å²) in [6.07, 6.45) is 0. The molecule has 0 unspecified atom stereocenters. The van der Waals surface area contributed by atoms with Gasteiger partial charge in [-0.25, -0.2) is 4.98 Å². The van der Waals surface area contributed by atoms with Crippen LogP contribution in [0.3, 0.4) is 0 Å². The topological polar surface area (TPSA) is 109 Å². The number of hydrogen-bond donors (Lipinski definition) is 1. The largest absolute Gasteiger partial charge is 0.331 e. The third-order valence-electron chi connectivity index (χ3n) is 4.40. The van der Waals surface area contributed by atoms with Gasteiger partial charge in [0.25, 0.3) is 17.2 Å². The summed E-state index contributed by atoms with van der Waals surface area (Å²) < 4.78 is 0. The van der Waals surface area contributed by atoms with E-state index in [9.17, 15) is 19.7 Å². The molecule has 0 bridgehead atoms. The van der Waals surface area contributed by atoms with Crippen molar-refractivity contribution in [3.05, 3.63) is 79.9 Å². The minimum Gasteiger partial charge on any atom is -0.331 e. The van der Waals surface area contributed by atoms with Crippen LogP contribution in [0.4, 0.5) is 5.69 Å². The lowest BCUT2D eigenvalue weighted by molar-refractivity contribution is -0.385. The van der Waals surface area contributed by atoms with E-state index < -0.39 is 4.92 Å². The Labute approximate surface area is 154 Å². The van der Waals surface area contributed by atoms with E-state index in [-0.39, 0.29) is 29.3 Å². The summed E-state index contributed by atoms with van der Waals surface area (Å²) in [4.78, 5) is 44.3. The van der Waals surface area contributed by atoms with E-state index in [4.69, 9.17) is 0 Å². The molecular formula is C19H18N4O4. The zero-order valence-corrected chi connectivity index (χ0v) is 14.9. The Kier molecular flexibility index (Phi) is 4.98. The van der Waals surface area contributed by atoms with Crippen LogP contribution in [-0.4, -0.2) is 32.2 Å². The van der Waals surface area contributed by atoms with Crippen LogP contribution in [0.25, 0.3) is 10.9 Å². The summed E-state index contributed by atoms with van der Waals surface area (Å²) in [6, 6.07) is 11.4. The van der Waals surface area contributed by atoms with Gasteiger partial charge in [-0.2, -0.15) is 0 Å². The van der Waals surface area contributed by atoms with Gasteiger partial charge in [0, 0.05) is 23.7 Å². The third kappa shape index (κ3) is 3.55. The first-order valence-corrected chi connectivity index (χ1v) is 8.43. The molecule has 0 aliphatic rings. The number of H-pyrrole nitrogens is 1. The van der Waals surface area contributed by atoms with Crippen molar-refractivity contribution in [2.24, 2.45) is 0 Å². The van der Waals surface area contributed by atoms with Crippen LogP contribution in [0.1, 0.15) is 28.7 Å². The number of carbonyl (C=O) groups excluding carboxylic acids is 1. The lowest BCUT2D eigenvalue weighted by Gasteiger charge is -2.21. The number of benzene rings is 2. The number of nitrogens with zero attached hydrogens (tertiary/aromatic N) is 3. The molecule has 1 N–H and O–H groups in total. The molecular weight excluding hydrogens is 348 g/mol. The predicted molar refractivity (Wildman–Crippen MR) is 101 cm³/mol. The lowest BCUT2D eigenvalue weighted by atomic mass is 10.1. The zero-order chi connectivity index (χ0) is 19.6. The Hall–Kier alpha value is -3.55. The maximum Gasteiger partial charge on any atom is 0.273 e. The van der Waals surface area contributed by atoms with Gasteiger partial charge in [0.1, 0.15) is 5.82 Å². The molecule has 0 aliphatic heterocycles. The van der Waals surface area contributed by atoms with Gasteiger partial charge in [0.2, 0.25) is 0 Å². The fourth-order valence-corrected chi connectivity index (χ4v) is 2.94. The summed E-state index contributed by atoms with van der Waals surface area (Å²) >= 11 is 0. The van der Waals surface area contributed by atoms with Crippen LogP contribution in [0.15, 0.2) is 47.3 Å². The fraction of sp³-hybridized carbons (Fsp3) is 0.211. The normalized spacial score (nSPS) is 10.7. The molecule has 2 aromatic carbocycles. The molecule has 138 valence electrons. The number of para-hydroxylation sites is 1. The molecule has 8 heteroatoms. The Morgan fingerprint density at radius 1 is 1.22 bits per heavy atom. The first-order chi connectivity index (χ1) is 12.9. The molecule has 0 fully saturated rings. The molecule has 27 heavy (non-hydrogen) atoms. The van der Waals surface area contributed by atoms with Crippen molar-refractivity contribution in [2.75, 3.05) is 6.54 Å². The van der Waals surface area contributed by atoms with Crippen molar-refractivity contribution in [2.45, 2.75) is 20.4 Å². The van der Waals surface area contributed by atoms with E-state index in [0.717, 1.165) is 0 Å². The van der Waals surface area contributed by atoms with Gasteiger partial charge in [0.15, 0.2) is 0 Å². The Morgan fingerprint density at radius 3 is 2.67 bits per heavy atom. The number of aromatic amines is 1. The van der Waals surface area contributed by atoms with E-state index in [2.05, 4.69) is 9.97 Å². The minimum atomic E-state index is -0.509. The SMILES string of the molecule is CCN(Cc1nc2ccccc2c(=O)[nH]1)C(=O)c1cccc([N+](=O)[O-])c1C. The summed E-state index contributed by atoms with van der Waals surface area (Å²) in [5, 5.41) is 11.6. The van der Waals surface area contributed by atoms with E-state index in [0.29, 0.717) is 28.8 Å². The van der Waals surface area contributed by atoms with E-state index in [1.165, 1.54) is 17.0 Å². The van der Waals surface area contributed by atoms with Gasteiger partial charge in [0.05, 0.1) is 22.4 Å². The second kappa shape index (κ2) is 7.36. The predicted octanol–water partition coefficient (Wildman–Crippen LogP) is 2.80. The van der Waals surface area contributed by atoms with Crippen LogP contribution in [-0.2, 0) is 6.54 Å². The first-order valence-electron chi connectivity index (χ1n) is 8.43. The van der Waals surface area contributed by atoms with Crippen molar-refractivity contribution >= 4 is 22.5 Å². The van der Waals surface area contributed by atoms with Gasteiger partial charge in [-0.15, -0.1) is 0 Å². The van der Waals surface area contributed by atoms with Crippen molar-refractivity contribution in [3.63, 3.8) is 0 Å². The molecule has 0 saturated heterocycles. The van der Waals surface area contributed by atoms with Gasteiger partial charge in [-0.1, -0.05) is 18.2 Å². The second-order valence-electron chi connectivity index (χ2n) is 6.06.